The van der Waals surface area contributed by atoms with E-state index in [0.717, 1.165) is 28.2 Å². The second kappa shape index (κ2) is 5.53. The van der Waals surface area contributed by atoms with Crippen LogP contribution in [-0.2, 0) is 6.54 Å². The van der Waals surface area contributed by atoms with Crippen LogP contribution < -0.4 is 14.8 Å². The van der Waals surface area contributed by atoms with Gasteiger partial charge >= 0.3 is 0 Å². The number of ether oxygens (including phenoxy) is 2. The number of fused-ring (bicyclic) bond motifs is 1. The van der Waals surface area contributed by atoms with Crippen molar-refractivity contribution in [3.05, 3.63) is 52.5 Å². The van der Waals surface area contributed by atoms with E-state index in [4.69, 9.17) is 9.47 Å². The third-order valence-corrected chi connectivity index (χ3v) is 3.61. The van der Waals surface area contributed by atoms with Crippen LogP contribution in [0.25, 0.3) is 0 Å². The van der Waals surface area contributed by atoms with Crippen molar-refractivity contribution in [2.24, 2.45) is 0 Å². The molecule has 1 N–H and O–H groups in total. The van der Waals surface area contributed by atoms with Crippen molar-refractivity contribution in [1.29, 1.82) is 0 Å². The highest BCUT2D eigenvalue weighted by atomic mass is 79.9. The zero-order valence-electron chi connectivity index (χ0n) is 10.4. The van der Waals surface area contributed by atoms with Crippen LogP contribution in [0.2, 0.25) is 0 Å². The van der Waals surface area contributed by atoms with E-state index in [2.05, 4.69) is 33.4 Å². The summed E-state index contributed by atoms with van der Waals surface area (Å²) >= 11 is 3.55. The fourth-order valence-corrected chi connectivity index (χ4v) is 2.46. The number of hydrogen-bond acceptors (Lipinski definition) is 3. The van der Waals surface area contributed by atoms with Crippen molar-refractivity contribution in [3.8, 4) is 11.5 Å². The molecule has 1 heterocycles. The van der Waals surface area contributed by atoms with Crippen molar-refractivity contribution in [3.63, 3.8) is 0 Å². The largest absolute Gasteiger partial charge is 0.486 e. The smallest absolute Gasteiger partial charge is 0.163 e. The van der Waals surface area contributed by atoms with E-state index in [-0.39, 0.29) is 0 Å². The molecule has 0 aliphatic carbocycles. The van der Waals surface area contributed by atoms with Gasteiger partial charge in [0.25, 0.3) is 0 Å². The molecule has 1 aliphatic heterocycles. The van der Waals surface area contributed by atoms with Gasteiger partial charge in [-0.3, -0.25) is 0 Å². The molecule has 0 atom stereocenters. The lowest BCUT2D eigenvalue weighted by Gasteiger charge is -2.20. The molecule has 0 amide bonds. The van der Waals surface area contributed by atoms with E-state index in [1.165, 1.54) is 5.56 Å². The van der Waals surface area contributed by atoms with Gasteiger partial charge in [-0.1, -0.05) is 30.3 Å². The fourth-order valence-electron chi connectivity index (χ4n) is 1.99. The van der Waals surface area contributed by atoms with Crippen molar-refractivity contribution in [1.82, 2.24) is 0 Å². The summed E-state index contributed by atoms with van der Waals surface area (Å²) in [5, 5.41) is 3.40. The molecule has 4 heteroatoms. The number of benzene rings is 2. The summed E-state index contributed by atoms with van der Waals surface area (Å²) in [5.41, 5.74) is 2.25. The molecule has 2 aromatic rings. The topological polar surface area (TPSA) is 30.5 Å². The summed E-state index contributed by atoms with van der Waals surface area (Å²) in [4.78, 5) is 0. The molecule has 0 spiro atoms. The molecule has 0 saturated carbocycles. The van der Waals surface area contributed by atoms with Gasteiger partial charge in [0.1, 0.15) is 13.2 Å². The lowest BCUT2D eigenvalue weighted by Crippen LogP contribution is -2.15. The Morgan fingerprint density at radius 2 is 1.68 bits per heavy atom. The molecule has 0 saturated heterocycles. The first-order valence-electron chi connectivity index (χ1n) is 6.20. The van der Waals surface area contributed by atoms with Crippen LogP contribution in [0, 0.1) is 0 Å². The zero-order chi connectivity index (χ0) is 13.1. The van der Waals surface area contributed by atoms with Gasteiger partial charge in [-0.25, -0.2) is 0 Å². The van der Waals surface area contributed by atoms with Crippen LogP contribution in [0.15, 0.2) is 46.9 Å². The first-order chi connectivity index (χ1) is 9.33. The molecule has 0 bridgehead atoms. The van der Waals surface area contributed by atoms with Gasteiger partial charge in [-0.05, 0) is 21.5 Å². The number of nitrogens with one attached hydrogen (secondary N) is 1. The van der Waals surface area contributed by atoms with E-state index in [1.807, 2.05) is 30.3 Å². The minimum Gasteiger partial charge on any atom is -0.486 e. The Bertz CT molecular complexity index is 572. The van der Waals surface area contributed by atoms with Crippen LogP contribution in [0.1, 0.15) is 5.56 Å². The van der Waals surface area contributed by atoms with E-state index in [9.17, 15) is 0 Å². The zero-order valence-corrected chi connectivity index (χ0v) is 11.9. The monoisotopic (exact) mass is 319 g/mol. The van der Waals surface area contributed by atoms with Crippen LogP contribution in [0.5, 0.6) is 11.5 Å². The van der Waals surface area contributed by atoms with Crippen LogP contribution in [0.4, 0.5) is 5.69 Å². The van der Waals surface area contributed by atoms with E-state index >= 15 is 0 Å². The number of hydrogen-bond donors (Lipinski definition) is 1. The Morgan fingerprint density at radius 1 is 1.00 bits per heavy atom. The Kier molecular flexibility index (Phi) is 3.60. The average molecular weight is 320 g/mol. The SMILES string of the molecule is Brc1cc2c(cc1NCc1ccccc1)OCCO2. The van der Waals surface area contributed by atoms with Gasteiger partial charge in [0.2, 0.25) is 0 Å². The molecular formula is C15H14BrNO2. The van der Waals surface area contributed by atoms with Crippen molar-refractivity contribution in [2.45, 2.75) is 6.54 Å². The lowest BCUT2D eigenvalue weighted by atomic mass is 10.2. The third kappa shape index (κ3) is 2.84. The standard InChI is InChI=1S/C15H14BrNO2/c16-12-8-14-15(19-7-6-18-14)9-13(12)17-10-11-4-2-1-3-5-11/h1-5,8-9,17H,6-7,10H2. The van der Waals surface area contributed by atoms with Gasteiger partial charge in [0.15, 0.2) is 11.5 Å². The number of halogens is 1. The Morgan fingerprint density at radius 3 is 2.42 bits per heavy atom. The van der Waals surface area contributed by atoms with Gasteiger partial charge in [0.05, 0.1) is 5.69 Å². The summed E-state index contributed by atoms with van der Waals surface area (Å²) in [6.45, 7) is 1.99. The maximum Gasteiger partial charge on any atom is 0.163 e. The molecule has 98 valence electrons. The summed E-state index contributed by atoms with van der Waals surface area (Å²) in [5.74, 6) is 1.59. The normalized spacial score (nSPS) is 13.1. The molecule has 0 aromatic heterocycles. The molecule has 2 aromatic carbocycles. The Labute approximate surface area is 120 Å². The summed E-state index contributed by atoms with van der Waals surface area (Å²) in [6.07, 6.45) is 0. The van der Waals surface area contributed by atoms with Crippen LogP contribution in [0.3, 0.4) is 0 Å². The molecule has 0 radical (unpaired) electrons. The van der Waals surface area contributed by atoms with Gasteiger partial charge in [-0.2, -0.15) is 0 Å². The maximum atomic E-state index is 5.59. The van der Waals surface area contributed by atoms with Crippen LogP contribution in [-0.4, -0.2) is 13.2 Å². The lowest BCUT2D eigenvalue weighted by molar-refractivity contribution is 0.171. The van der Waals surface area contributed by atoms with E-state index in [1.54, 1.807) is 0 Å². The molecule has 3 rings (SSSR count). The molecule has 19 heavy (non-hydrogen) atoms. The van der Waals surface area contributed by atoms with Gasteiger partial charge in [0, 0.05) is 23.2 Å². The second-order valence-corrected chi connectivity index (χ2v) is 5.17. The minimum absolute atomic E-state index is 0.604. The second-order valence-electron chi connectivity index (χ2n) is 4.31. The molecule has 1 aliphatic rings. The average Bonchev–Trinajstić information content (AvgIpc) is 2.46. The van der Waals surface area contributed by atoms with E-state index in [0.29, 0.717) is 13.2 Å². The predicted octanol–water partition coefficient (Wildman–Crippen LogP) is 3.83. The first kappa shape index (κ1) is 12.4. The van der Waals surface area contributed by atoms with Gasteiger partial charge < -0.3 is 14.8 Å². The summed E-state index contributed by atoms with van der Waals surface area (Å²) in [7, 11) is 0. The third-order valence-electron chi connectivity index (χ3n) is 2.96. The van der Waals surface area contributed by atoms with Crippen LogP contribution >= 0.6 is 15.9 Å². The molecule has 3 nitrogen and oxygen atoms in total. The van der Waals surface area contributed by atoms with Crippen molar-refractivity contribution >= 4 is 21.6 Å². The highest BCUT2D eigenvalue weighted by Gasteiger charge is 2.14. The predicted molar refractivity (Wildman–Crippen MR) is 78.9 cm³/mol. The quantitative estimate of drug-likeness (QED) is 0.932. The summed E-state index contributed by atoms with van der Waals surface area (Å²) in [6, 6.07) is 14.2. The first-order valence-corrected chi connectivity index (χ1v) is 6.99. The molecule has 0 unspecified atom stereocenters. The van der Waals surface area contributed by atoms with Gasteiger partial charge in [-0.15, -0.1) is 0 Å². The number of rotatable bonds is 3. The summed E-state index contributed by atoms with van der Waals surface area (Å²) < 4.78 is 12.1. The highest BCUT2D eigenvalue weighted by Crippen LogP contribution is 2.38. The molecular weight excluding hydrogens is 306 g/mol. The molecule has 0 fully saturated rings. The fraction of sp³-hybridized carbons (Fsp3) is 0.200. The van der Waals surface area contributed by atoms with E-state index < -0.39 is 0 Å². The highest BCUT2D eigenvalue weighted by molar-refractivity contribution is 9.10. The number of anilines is 1. The minimum atomic E-state index is 0.604. The van der Waals surface area contributed by atoms with Crippen molar-refractivity contribution < 1.29 is 9.47 Å². The Hall–Kier alpha value is -1.68. The Balaban J connectivity index is 1.77. The van der Waals surface area contributed by atoms with Crippen molar-refractivity contribution in [2.75, 3.05) is 18.5 Å². The maximum absolute atomic E-state index is 5.59.